The highest BCUT2D eigenvalue weighted by molar-refractivity contribution is 14.1. The molecule has 2 heterocycles. The Kier molecular flexibility index (Phi) is 4.51. The van der Waals surface area contributed by atoms with Crippen LogP contribution in [0.1, 0.15) is 19.3 Å². The molecule has 1 N–H and O–H groups in total. The van der Waals surface area contributed by atoms with Crippen LogP contribution in [-0.2, 0) is 0 Å². The Labute approximate surface area is 155 Å². The number of piperidine rings is 1. The molecule has 4 nitrogen and oxygen atoms in total. The first-order chi connectivity index (χ1) is 11.8. The highest BCUT2D eigenvalue weighted by atomic mass is 127. The van der Waals surface area contributed by atoms with Gasteiger partial charge in [0, 0.05) is 33.4 Å². The Morgan fingerprint density at radius 3 is 2.50 bits per heavy atom. The standard InChI is InChI=1S/C19H19IN4/c20-14-4-9-18-17(12-14)19(22-13-21-18)23-15-5-7-16(8-6-15)24-10-2-1-3-11-24/h4-9,12-13H,1-3,10-11H2,(H,21,22,23). The second-order valence-electron chi connectivity index (χ2n) is 6.10. The quantitative estimate of drug-likeness (QED) is 0.596. The average molecular weight is 430 g/mol. The smallest absolute Gasteiger partial charge is 0.141 e. The Balaban J connectivity index is 1.58. The van der Waals surface area contributed by atoms with E-state index >= 15 is 0 Å². The number of aromatic nitrogens is 2. The third-order valence-electron chi connectivity index (χ3n) is 4.45. The van der Waals surface area contributed by atoms with Gasteiger partial charge in [-0.05, 0) is 84.3 Å². The zero-order valence-corrected chi connectivity index (χ0v) is 15.5. The van der Waals surface area contributed by atoms with Gasteiger partial charge < -0.3 is 10.2 Å². The van der Waals surface area contributed by atoms with Gasteiger partial charge in [-0.1, -0.05) is 0 Å². The summed E-state index contributed by atoms with van der Waals surface area (Å²) in [5, 5.41) is 4.48. The van der Waals surface area contributed by atoms with Crippen molar-refractivity contribution in [2.75, 3.05) is 23.3 Å². The number of nitrogens with zero attached hydrogens (tertiary/aromatic N) is 3. The molecule has 0 saturated carbocycles. The van der Waals surface area contributed by atoms with Crippen molar-refractivity contribution in [3.8, 4) is 0 Å². The molecule has 122 valence electrons. The van der Waals surface area contributed by atoms with Gasteiger partial charge in [0.2, 0.25) is 0 Å². The lowest BCUT2D eigenvalue weighted by Gasteiger charge is -2.28. The predicted octanol–water partition coefficient (Wildman–Crippen LogP) is 4.97. The van der Waals surface area contributed by atoms with Crippen LogP contribution in [0.25, 0.3) is 10.9 Å². The van der Waals surface area contributed by atoms with Gasteiger partial charge in [-0.2, -0.15) is 0 Å². The third kappa shape index (κ3) is 3.31. The highest BCUT2D eigenvalue weighted by Gasteiger charge is 2.11. The molecule has 0 radical (unpaired) electrons. The van der Waals surface area contributed by atoms with Gasteiger partial charge in [0.25, 0.3) is 0 Å². The number of halogens is 1. The molecule has 0 amide bonds. The molecule has 1 fully saturated rings. The number of hydrogen-bond acceptors (Lipinski definition) is 4. The van der Waals surface area contributed by atoms with Crippen LogP contribution < -0.4 is 10.2 Å². The molecule has 0 bridgehead atoms. The molecule has 1 aromatic heterocycles. The van der Waals surface area contributed by atoms with Crippen molar-refractivity contribution in [1.82, 2.24) is 9.97 Å². The summed E-state index contributed by atoms with van der Waals surface area (Å²) in [5.74, 6) is 0.851. The van der Waals surface area contributed by atoms with E-state index in [4.69, 9.17) is 0 Å². The van der Waals surface area contributed by atoms with Crippen LogP contribution in [0.3, 0.4) is 0 Å². The van der Waals surface area contributed by atoms with Crippen LogP contribution >= 0.6 is 22.6 Å². The lowest BCUT2D eigenvalue weighted by Crippen LogP contribution is -2.29. The van der Waals surface area contributed by atoms with Crippen molar-refractivity contribution in [3.63, 3.8) is 0 Å². The number of anilines is 3. The lowest BCUT2D eigenvalue weighted by atomic mass is 10.1. The molecular formula is C19H19IN4. The summed E-state index contributed by atoms with van der Waals surface area (Å²) in [7, 11) is 0. The Bertz CT molecular complexity index is 842. The van der Waals surface area contributed by atoms with E-state index in [1.165, 1.54) is 41.6 Å². The van der Waals surface area contributed by atoms with Crippen LogP contribution in [0.15, 0.2) is 48.8 Å². The van der Waals surface area contributed by atoms with Gasteiger partial charge in [0.15, 0.2) is 0 Å². The lowest BCUT2D eigenvalue weighted by molar-refractivity contribution is 0.578. The van der Waals surface area contributed by atoms with Crippen molar-refractivity contribution < 1.29 is 0 Å². The van der Waals surface area contributed by atoms with Crippen LogP contribution in [-0.4, -0.2) is 23.1 Å². The maximum atomic E-state index is 4.42. The summed E-state index contributed by atoms with van der Waals surface area (Å²) < 4.78 is 1.18. The van der Waals surface area contributed by atoms with E-state index in [2.05, 4.69) is 79.2 Å². The normalized spacial score (nSPS) is 14.8. The van der Waals surface area contributed by atoms with Crippen LogP contribution in [0.4, 0.5) is 17.2 Å². The fraction of sp³-hybridized carbons (Fsp3) is 0.263. The first-order valence-electron chi connectivity index (χ1n) is 8.32. The summed E-state index contributed by atoms with van der Waals surface area (Å²) in [6.07, 6.45) is 5.56. The second-order valence-corrected chi connectivity index (χ2v) is 7.35. The summed E-state index contributed by atoms with van der Waals surface area (Å²) in [4.78, 5) is 11.2. The number of fused-ring (bicyclic) bond motifs is 1. The summed E-state index contributed by atoms with van der Waals surface area (Å²) in [6, 6.07) is 14.9. The third-order valence-corrected chi connectivity index (χ3v) is 5.12. The molecular weight excluding hydrogens is 411 g/mol. The minimum atomic E-state index is 0.851. The topological polar surface area (TPSA) is 41.1 Å². The van der Waals surface area contributed by atoms with E-state index in [1.807, 2.05) is 6.07 Å². The van der Waals surface area contributed by atoms with Crippen molar-refractivity contribution in [2.45, 2.75) is 19.3 Å². The molecule has 0 unspecified atom stereocenters. The largest absolute Gasteiger partial charge is 0.372 e. The van der Waals surface area contributed by atoms with E-state index in [0.717, 1.165) is 22.4 Å². The zero-order valence-electron chi connectivity index (χ0n) is 13.4. The van der Waals surface area contributed by atoms with Crippen molar-refractivity contribution in [3.05, 3.63) is 52.4 Å². The SMILES string of the molecule is Ic1ccc2ncnc(Nc3ccc(N4CCCCC4)cc3)c2c1. The second kappa shape index (κ2) is 6.93. The maximum Gasteiger partial charge on any atom is 0.141 e. The van der Waals surface area contributed by atoms with Crippen molar-refractivity contribution >= 4 is 50.7 Å². The van der Waals surface area contributed by atoms with E-state index in [-0.39, 0.29) is 0 Å². The molecule has 4 rings (SSSR count). The first-order valence-corrected chi connectivity index (χ1v) is 9.40. The highest BCUT2D eigenvalue weighted by Crippen LogP contribution is 2.26. The van der Waals surface area contributed by atoms with Crippen molar-refractivity contribution in [2.24, 2.45) is 0 Å². The van der Waals surface area contributed by atoms with E-state index in [9.17, 15) is 0 Å². The first kappa shape index (κ1) is 15.6. The molecule has 5 heteroatoms. The van der Waals surface area contributed by atoms with Crippen molar-refractivity contribution in [1.29, 1.82) is 0 Å². The van der Waals surface area contributed by atoms with Gasteiger partial charge in [0.1, 0.15) is 12.1 Å². The fourth-order valence-corrected chi connectivity index (χ4v) is 3.66. The Morgan fingerprint density at radius 1 is 0.917 bits per heavy atom. The minimum absolute atomic E-state index is 0.851. The summed E-state index contributed by atoms with van der Waals surface area (Å²) in [5.41, 5.74) is 3.31. The molecule has 1 aliphatic rings. The number of nitrogens with one attached hydrogen (secondary N) is 1. The molecule has 0 aliphatic carbocycles. The number of benzene rings is 2. The molecule has 2 aromatic carbocycles. The van der Waals surface area contributed by atoms with Gasteiger partial charge >= 0.3 is 0 Å². The number of hydrogen-bond donors (Lipinski definition) is 1. The van der Waals surface area contributed by atoms with Crippen LogP contribution in [0, 0.1) is 3.57 Å². The maximum absolute atomic E-state index is 4.42. The average Bonchev–Trinajstić information content (AvgIpc) is 2.64. The Morgan fingerprint density at radius 2 is 1.71 bits per heavy atom. The Hall–Kier alpha value is -1.89. The molecule has 0 atom stereocenters. The number of rotatable bonds is 3. The fourth-order valence-electron chi connectivity index (χ4n) is 3.17. The molecule has 0 spiro atoms. The van der Waals surface area contributed by atoms with Crippen LogP contribution in [0.5, 0.6) is 0 Å². The molecule has 1 saturated heterocycles. The summed E-state index contributed by atoms with van der Waals surface area (Å²) >= 11 is 2.32. The van der Waals surface area contributed by atoms with Gasteiger partial charge in [-0.15, -0.1) is 0 Å². The van der Waals surface area contributed by atoms with Crippen LogP contribution in [0.2, 0.25) is 0 Å². The monoisotopic (exact) mass is 430 g/mol. The predicted molar refractivity (Wildman–Crippen MR) is 108 cm³/mol. The van der Waals surface area contributed by atoms with Gasteiger partial charge in [-0.3, -0.25) is 0 Å². The van der Waals surface area contributed by atoms with E-state index in [1.54, 1.807) is 6.33 Å². The van der Waals surface area contributed by atoms with E-state index in [0.29, 0.717) is 0 Å². The van der Waals surface area contributed by atoms with E-state index < -0.39 is 0 Å². The van der Waals surface area contributed by atoms with Gasteiger partial charge in [0.05, 0.1) is 5.52 Å². The minimum Gasteiger partial charge on any atom is -0.372 e. The molecule has 24 heavy (non-hydrogen) atoms. The summed E-state index contributed by atoms with van der Waals surface area (Å²) in [6.45, 7) is 2.34. The van der Waals surface area contributed by atoms with Gasteiger partial charge in [-0.25, -0.2) is 9.97 Å². The molecule has 1 aliphatic heterocycles. The molecule has 3 aromatic rings. The zero-order chi connectivity index (χ0) is 16.4.